The summed E-state index contributed by atoms with van der Waals surface area (Å²) in [5.41, 5.74) is 2.05. The molecule has 11 heteroatoms. The van der Waals surface area contributed by atoms with Crippen molar-refractivity contribution >= 4 is 22.5 Å². The van der Waals surface area contributed by atoms with E-state index < -0.39 is 5.60 Å². The summed E-state index contributed by atoms with van der Waals surface area (Å²) in [6, 6.07) is 10.8. The summed E-state index contributed by atoms with van der Waals surface area (Å²) in [6.07, 6.45) is 6.31. The van der Waals surface area contributed by atoms with Gasteiger partial charge in [0.1, 0.15) is 17.4 Å². The highest BCUT2D eigenvalue weighted by molar-refractivity contribution is 6.37. The van der Waals surface area contributed by atoms with Crippen molar-refractivity contribution in [3.8, 4) is 11.6 Å². The highest BCUT2D eigenvalue weighted by Gasteiger charge is 2.39. The molecule has 0 saturated heterocycles. The minimum Gasteiger partial charge on any atom is -0.478 e. The molecule has 0 radical (unpaired) electrons. The molecule has 5 rings (SSSR count). The quantitative estimate of drug-likeness (QED) is 0.351. The van der Waals surface area contributed by atoms with Gasteiger partial charge in [-0.2, -0.15) is 0 Å². The van der Waals surface area contributed by atoms with E-state index in [4.69, 9.17) is 21.2 Å². The maximum Gasteiger partial charge on any atom is 0.325 e. The summed E-state index contributed by atoms with van der Waals surface area (Å²) >= 11 is 6.85. The van der Waals surface area contributed by atoms with Crippen molar-refractivity contribution < 1.29 is 19.4 Å². The molecule has 4 aromatic heterocycles. The Kier molecular flexibility index (Phi) is 5.99. The lowest BCUT2D eigenvalue weighted by Gasteiger charge is -2.30. The van der Waals surface area contributed by atoms with E-state index in [0.29, 0.717) is 33.4 Å². The Morgan fingerprint density at radius 2 is 1.97 bits per heavy atom. The van der Waals surface area contributed by atoms with Gasteiger partial charge >= 0.3 is 6.33 Å². The van der Waals surface area contributed by atoms with E-state index >= 15 is 0 Å². The van der Waals surface area contributed by atoms with Crippen LogP contribution in [-0.2, 0) is 12.6 Å². The molecular formula is C25H23ClN7O3+. The van der Waals surface area contributed by atoms with E-state index in [9.17, 15) is 5.11 Å². The second-order valence-corrected chi connectivity index (χ2v) is 8.62. The van der Waals surface area contributed by atoms with Crippen molar-refractivity contribution in [2.75, 3.05) is 7.11 Å². The number of aryl methyl sites for hydroxylation is 3. The van der Waals surface area contributed by atoms with Gasteiger partial charge in [-0.15, -0.1) is 5.10 Å². The first-order chi connectivity index (χ1) is 17.3. The topological polar surface area (TPSA) is 112 Å². The maximum atomic E-state index is 12.3. The maximum absolute atomic E-state index is 12.3. The number of hydrogen-bond donors (Lipinski definition) is 1. The van der Waals surface area contributed by atoms with Crippen molar-refractivity contribution in [1.29, 1.82) is 0 Å². The van der Waals surface area contributed by atoms with Gasteiger partial charge in [-0.05, 0) is 42.3 Å². The normalized spacial score (nSPS) is 12.9. The van der Waals surface area contributed by atoms with Crippen LogP contribution in [0.15, 0.2) is 61.3 Å². The zero-order valence-electron chi connectivity index (χ0n) is 20.0. The Bertz CT molecular complexity index is 1580. The van der Waals surface area contributed by atoms with Crippen molar-refractivity contribution in [2.24, 2.45) is 7.05 Å². The zero-order valence-corrected chi connectivity index (χ0v) is 20.8. The molecule has 4 heterocycles. The van der Waals surface area contributed by atoms with E-state index in [-0.39, 0.29) is 16.7 Å². The number of fused-ring (bicyclic) bond motifs is 1. The highest BCUT2D eigenvalue weighted by Crippen LogP contribution is 2.42. The van der Waals surface area contributed by atoms with Crippen LogP contribution < -0.4 is 14.3 Å². The molecule has 1 aromatic carbocycles. The lowest BCUT2D eigenvalue weighted by Crippen LogP contribution is -2.39. The number of halogens is 1. The van der Waals surface area contributed by atoms with Crippen LogP contribution >= 0.6 is 11.6 Å². The number of aromatic nitrogens is 7. The third-order valence-electron chi connectivity index (χ3n) is 5.94. The molecule has 36 heavy (non-hydrogen) atoms. The first-order valence-electron chi connectivity index (χ1n) is 11.0. The predicted molar refractivity (Wildman–Crippen MR) is 131 cm³/mol. The number of nitrogens with zero attached hydrogens (tertiary/aromatic N) is 7. The molecule has 0 bridgehead atoms. The van der Waals surface area contributed by atoms with Gasteiger partial charge in [0.2, 0.25) is 0 Å². The van der Waals surface area contributed by atoms with Crippen LogP contribution in [0.4, 0.5) is 0 Å². The van der Waals surface area contributed by atoms with Gasteiger partial charge in [0.05, 0.1) is 24.5 Å². The Labute approximate surface area is 211 Å². The monoisotopic (exact) mass is 504 g/mol. The van der Waals surface area contributed by atoms with Crippen LogP contribution in [0.3, 0.4) is 0 Å². The molecule has 0 amide bonds. The second kappa shape index (κ2) is 9.14. The van der Waals surface area contributed by atoms with E-state index in [1.807, 2.05) is 26.0 Å². The smallest absolute Gasteiger partial charge is 0.325 e. The SMILES string of the molecule is COc1nc2ccc(C(O)(c3ccc(C)nc3C)c3cnnn3C)cc2c(Cl)c1O[n+]1cccnc1. The van der Waals surface area contributed by atoms with Gasteiger partial charge in [-0.25, -0.2) is 9.67 Å². The van der Waals surface area contributed by atoms with Gasteiger partial charge < -0.3 is 9.84 Å². The number of benzene rings is 1. The molecule has 182 valence electrons. The Morgan fingerprint density at radius 1 is 1.14 bits per heavy atom. The fourth-order valence-corrected chi connectivity index (χ4v) is 4.50. The lowest BCUT2D eigenvalue weighted by atomic mass is 9.82. The highest BCUT2D eigenvalue weighted by atomic mass is 35.5. The number of methoxy groups -OCH3 is 1. The van der Waals surface area contributed by atoms with Gasteiger partial charge in [-0.3, -0.25) is 9.82 Å². The molecule has 5 aromatic rings. The number of aliphatic hydroxyl groups is 1. The molecule has 1 unspecified atom stereocenters. The van der Waals surface area contributed by atoms with Gasteiger partial charge in [0.25, 0.3) is 11.6 Å². The largest absolute Gasteiger partial charge is 0.478 e. The standard InChI is InChI=1S/C25H23ClN7O3/c1-15-6-8-19(16(2)29-15)25(34,21-13-28-31-32(21)3)17-7-9-20-18(12-17)22(26)23(24(30-20)35-4)36-33-11-5-10-27-14-33/h5-14,34H,1-4H3/q+1. The van der Waals surface area contributed by atoms with Crippen molar-refractivity contribution in [1.82, 2.24) is 29.9 Å². The number of hydrogen-bond acceptors (Lipinski definition) is 8. The molecular weight excluding hydrogens is 482 g/mol. The first-order valence-corrected chi connectivity index (χ1v) is 11.4. The van der Waals surface area contributed by atoms with Gasteiger partial charge in [0.15, 0.2) is 5.60 Å². The predicted octanol–water partition coefficient (Wildman–Crippen LogP) is 2.85. The summed E-state index contributed by atoms with van der Waals surface area (Å²) in [7, 11) is 3.21. The Hall–Kier alpha value is -4.15. The lowest BCUT2D eigenvalue weighted by molar-refractivity contribution is -0.877. The van der Waals surface area contributed by atoms with Crippen molar-refractivity contribution in [3.05, 3.63) is 94.5 Å². The Balaban J connectivity index is 1.75. The van der Waals surface area contributed by atoms with Gasteiger partial charge in [-0.1, -0.05) is 33.9 Å². The van der Waals surface area contributed by atoms with Crippen LogP contribution in [0, 0.1) is 13.8 Å². The molecule has 0 saturated carbocycles. The van der Waals surface area contributed by atoms with Crippen LogP contribution in [0.2, 0.25) is 5.02 Å². The molecule has 10 nitrogen and oxygen atoms in total. The molecule has 0 fully saturated rings. The van der Waals surface area contributed by atoms with Crippen LogP contribution in [0.1, 0.15) is 28.2 Å². The second-order valence-electron chi connectivity index (χ2n) is 8.24. The summed E-state index contributed by atoms with van der Waals surface area (Å²) in [4.78, 5) is 19.1. The number of rotatable bonds is 6. The van der Waals surface area contributed by atoms with Crippen LogP contribution in [-0.4, -0.2) is 42.2 Å². The van der Waals surface area contributed by atoms with Crippen LogP contribution in [0.25, 0.3) is 10.9 Å². The number of pyridine rings is 2. The average molecular weight is 505 g/mol. The minimum absolute atomic E-state index is 0.209. The third-order valence-corrected chi connectivity index (χ3v) is 6.32. The molecule has 1 atom stereocenters. The van der Waals surface area contributed by atoms with E-state index in [1.54, 1.807) is 43.7 Å². The number of ether oxygens (including phenoxy) is 1. The zero-order chi connectivity index (χ0) is 25.4. The van der Waals surface area contributed by atoms with Crippen molar-refractivity contribution in [2.45, 2.75) is 19.4 Å². The molecule has 0 spiro atoms. The average Bonchev–Trinajstić information content (AvgIpc) is 3.32. The summed E-state index contributed by atoms with van der Waals surface area (Å²) in [5.74, 6) is 0.419. The van der Waals surface area contributed by atoms with E-state index in [0.717, 1.165) is 5.69 Å². The summed E-state index contributed by atoms with van der Waals surface area (Å²) < 4.78 is 8.36. The van der Waals surface area contributed by atoms with Crippen molar-refractivity contribution in [3.63, 3.8) is 0 Å². The molecule has 0 aliphatic heterocycles. The summed E-state index contributed by atoms with van der Waals surface area (Å²) in [6.45, 7) is 3.76. The fourth-order valence-electron chi connectivity index (χ4n) is 4.23. The van der Waals surface area contributed by atoms with Crippen LogP contribution in [0.5, 0.6) is 11.6 Å². The van der Waals surface area contributed by atoms with E-state index in [2.05, 4.69) is 25.3 Å². The Morgan fingerprint density at radius 3 is 2.64 bits per heavy atom. The molecule has 1 N–H and O–H groups in total. The van der Waals surface area contributed by atoms with E-state index in [1.165, 1.54) is 29.0 Å². The first kappa shape index (κ1) is 23.6. The third kappa shape index (κ3) is 3.90. The fraction of sp³-hybridized carbons (Fsp3) is 0.200. The molecule has 0 aliphatic carbocycles. The molecule has 0 aliphatic rings. The summed E-state index contributed by atoms with van der Waals surface area (Å²) in [5, 5.41) is 21.2. The minimum atomic E-state index is -1.63. The van der Waals surface area contributed by atoms with Gasteiger partial charge in [0, 0.05) is 35.5 Å².